The van der Waals surface area contributed by atoms with Gasteiger partial charge in [0, 0.05) is 38.0 Å². The van der Waals surface area contributed by atoms with Gasteiger partial charge in [-0.1, -0.05) is 25.8 Å². The number of carbonyl (C=O) groups excluding carboxylic acids is 1. The number of amides is 2. The van der Waals surface area contributed by atoms with Crippen molar-refractivity contribution < 1.29 is 9.53 Å². The Hall–Kier alpha value is -0.500. The molecular formula is C14H30N4O2S. The number of nitrogens with one attached hydrogen (secondary N) is 2. The van der Waals surface area contributed by atoms with Gasteiger partial charge in [0.05, 0.1) is 6.61 Å². The van der Waals surface area contributed by atoms with Gasteiger partial charge < -0.3 is 15.8 Å². The Kier molecular flexibility index (Phi) is 9.07. The molecule has 21 heavy (non-hydrogen) atoms. The van der Waals surface area contributed by atoms with Gasteiger partial charge in [0.2, 0.25) is 0 Å². The third kappa shape index (κ3) is 6.86. The van der Waals surface area contributed by atoms with Gasteiger partial charge in [-0.3, -0.25) is 9.62 Å². The van der Waals surface area contributed by atoms with Crippen molar-refractivity contribution in [1.29, 1.82) is 0 Å². The van der Waals surface area contributed by atoms with Crippen molar-refractivity contribution in [2.75, 3.05) is 39.1 Å². The molecule has 0 saturated carbocycles. The maximum absolute atomic E-state index is 11.6. The third-order valence-corrected chi connectivity index (χ3v) is 4.05. The van der Waals surface area contributed by atoms with E-state index in [1.807, 2.05) is 6.26 Å². The number of rotatable bonds is 9. The van der Waals surface area contributed by atoms with Crippen LogP contribution in [0.3, 0.4) is 0 Å². The highest BCUT2D eigenvalue weighted by atomic mass is 32.2. The van der Waals surface area contributed by atoms with Gasteiger partial charge in [0.25, 0.3) is 0 Å². The molecule has 1 saturated heterocycles. The summed E-state index contributed by atoms with van der Waals surface area (Å²) in [5.41, 5.74) is 5.73. The van der Waals surface area contributed by atoms with E-state index in [-0.39, 0.29) is 12.1 Å². The average molecular weight is 318 g/mol. The third-order valence-electron chi connectivity index (χ3n) is 3.67. The summed E-state index contributed by atoms with van der Waals surface area (Å²) >= 11 is 1.31. The molecular weight excluding hydrogens is 288 g/mol. The van der Waals surface area contributed by atoms with Gasteiger partial charge in [-0.2, -0.15) is 0 Å². The molecule has 0 aromatic carbocycles. The predicted molar refractivity (Wildman–Crippen MR) is 88.3 cm³/mol. The summed E-state index contributed by atoms with van der Waals surface area (Å²) in [5.74, 6) is 0.456. The van der Waals surface area contributed by atoms with Gasteiger partial charge in [0.15, 0.2) is 0 Å². The van der Waals surface area contributed by atoms with E-state index in [4.69, 9.17) is 10.5 Å². The SMILES string of the molecule is CCCOCC1CC(NC(=O)NSC)CN1CC(C)CN. The molecule has 0 aliphatic carbocycles. The highest BCUT2D eigenvalue weighted by Gasteiger charge is 2.33. The van der Waals surface area contributed by atoms with Gasteiger partial charge in [0.1, 0.15) is 0 Å². The standard InChI is InChI=1S/C14H30N4O2S/c1-4-5-20-10-13-6-12(16-14(19)17-21-3)9-18(13)8-11(2)7-15/h11-13H,4-10,15H2,1-3H3,(H2,16,17,19). The largest absolute Gasteiger partial charge is 0.380 e. The zero-order valence-corrected chi connectivity index (χ0v) is 14.2. The van der Waals surface area contributed by atoms with E-state index in [0.29, 0.717) is 18.5 Å². The first-order chi connectivity index (χ1) is 10.1. The number of urea groups is 1. The van der Waals surface area contributed by atoms with E-state index < -0.39 is 0 Å². The Labute approximate surface area is 132 Å². The number of hydrogen-bond donors (Lipinski definition) is 3. The monoisotopic (exact) mass is 318 g/mol. The summed E-state index contributed by atoms with van der Waals surface area (Å²) in [5, 5.41) is 3.02. The van der Waals surface area contributed by atoms with Crippen molar-refractivity contribution in [2.45, 2.75) is 38.8 Å². The molecule has 1 rings (SSSR count). The van der Waals surface area contributed by atoms with Crippen molar-refractivity contribution >= 4 is 18.0 Å². The number of nitrogens with two attached hydrogens (primary N) is 1. The highest BCUT2D eigenvalue weighted by Crippen LogP contribution is 2.20. The maximum Gasteiger partial charge on any atom is 0.325 e. The van der Waals surface area contributed by atoms with E-state index in [9.17, 15) is 4.79 Å². The number of nitrogens with zero attached hydrogens (tertiary/aromatic N) is 1. The summed E-state index contributed by atoms with van der Waals surface area (Å²) in [7, 11) is 0. The van der Waals surface area contributed by atoms with Crippen LogP contribution in [0.2, 0.25) is 0 Å². The quantitative estimate of drug-likeness (QED) is 0.437. The Balaban J connectivity index is 2.49. The molecule has 7 heteroatoms. The van der Waals surface area contributed by atoms with Crippen LogP contribution in [0.4, 0.5) is 4.79 Å². The zero-order chi connectivity index (χ0) is 15.7. The fraction of sp³-hybridized carbons (Fsp3) is 0.929. The molecule has 0 spiro atoms. The molecule has 0 radical (unpaired) electrons. The Bertz CT molecular complexity index is 307. The molecule has 1 fully saturated rings. The van der Waals surface area contributed by atoms with Crippen molar-refractivity contribution in [1.82, 2.24) is 14.9 Å². The lowest BCUT2D eigenvalue weighted by atomic mass is 10.1. The number of hydrogen-bond acceptors (Lipinski definition) is 5. The molecule has 1 aliphatic rings. The topological polar surface area (TPSA) is 79.6 Å². The van der Waals surface area contributed by atoms with Crippen LogP contribution < -0.4 is 15.8 Å². The summed E-state index contributed by atoms with van der Waals surface area (Å²) in [6.45, 7) is 8.30. The highest BCUT2D eigenvalue weighted by molar-refractivity contribution is 7.97. The molecule has 0 aromatic heterocycles. The number of likely N-dealkylation sites (tertiary alicyclic amines) is 1. The van der Waals surface area contributed by atoms with Crippen molar-refractivity contribution in [3.8, 4) is 0 Å². The van der Waals surface area contributed by atoms with E-state index in [1.54, 1.807) is 0 Å². The maximum atomic E-state index is 11.6. The van der Waals surface area contributed by atoms with E-state index in [1.165, 1.54) is 11.9 Å². The van der Waals surface area contributed by atoms with Crippen molar-refractivity contribution in [2.24, 2.45) is 11.7 Å². The van der Waals surface area contributed by atoms with Crippen LogP contribution in [0.1, 0.15) is 26.7 Å². The fourth-order valence-electron chi connectivity index (χ4n) is 2.63. The minimum atomic E-state index is -0.116. The minimum absolute atomic E-state index is 0.116. The summed E-state index contributed by atoms with van der Waals surface area (Å²) in [6.07, 6.45) is 3.80. The average Bonchev–Trinajstić information content (AvgIpc) is 2.81. The lowest BCUT2D eigenvalue weighted by Gasteiger charge is -2.26. The summed E-state index contributed by atoms with van der Waals surface area (Å²) in [4.78, 5) is 14.0. The van der Waals surface area contributed by atoms with Crippen LogP contribution in [-0.2, 0) is 4.74 Å². The first-order valence-electron chi connectivity index (χ1n) is 7.72. The van der Waals surface area contributed by atoms with Gasteiger partial charge in [-0.15, -0.1) is 0 Å². The Morgan fingerprint density at radius 3 is 2.95 bits per heavy atom. The molecule has 0 bridgehead atoms. The Morgan fingerprint density at radius 1 is 1.57 bits per heavy atom. The smallest absolute Gasteiger partial charge is 0.325 e. The van der Waals surface area contributed by atoms with E-state index >= 15 is 0 Å². The first-order valence-corrected chi connectivity index (χ1v) is 8.94. The fourth-order valence-corrected chi connectivity index (χ4v) is 2.88. The number of carbonyl (C=O) groups is 1. The molecule has 1 heterocycles. The first kappa shape index (κ1) is 18.5. The van der Waals surface area contributed by atoms with Crippen molar-refractivity contribution in [3.63, 3.8) is 0 Å². The van der Waals surface area contributed by atoms with Crippen molar-refractivity contribution in [3.05, 3.63) is 0 Å². The molecule has 0 aromatic rings. The van der Waals surface area contributed by atoms with Crippen LogP contribution in [-0.4, -0.2) is 62.1 Å². The molecule has 3 unspecified atom stereocenters. The molecule has 3 atom stereocenters. The lowest BCUT2D eigenvalue weighted by molar-refractivity contribution is 0.0727. The molecule has 1 aliphatic heterocycles. The van der Waals surface area contributed by atoms with Gasteiger partial charge in [-0.05, 0) is 25.3 Å². The molecule has 6 nitrogen and oxygen atoms in total. The van der Waals surface area contributed by atoms with Crippen LogP contribution in [0.25, 0.3) is 0 Å². The number of ether oxygens (including phenoxy) is 1. The minimum Gasteiger partial charge on any atom is -0.380 e. The van der Waals surface area contributed by atoms with Gasteiger partial charge in [-0.25, -0.2) is 4.79 Å². The van der Waals surface area contributed by atoms with Gasteiger partial charge >= 0.3 is 6.03 Å². The second-order valence-corrected chi connectivity index (χ2v) is 6.35. The zero-order valence-electron chi connectivity index (χ0n) is 13.4. The van der Waals surface area contributed by atoms with Crippen LogP contribution >= 0.6 is 11.9 Å². The molecule has 124 valence electrons. The Morgan fingerprint density at radius 2 is 2.33 bits per heavy atom. The second-order valence-electron chi connectivity index (χ2n) is 5.74. The van der Waals surface area contributed by atoms with Crippen LogP contribution in [0.5, 0.6) is 0 Å². The van der Waals surface area contributed by atoms with Crippen LogP contribution in [0, 0.1) is 5.92 Å². The lowest BCUT2D eigenvalue weighted by Crippen LogP contribution is -2.42. The predicted octanol–water partition coefficient (Wildman–Crippen LogP) is 1.03. The normalized spacial score (nSPS) is 24.0. The molecule has 2 amide bonds. The van der Waals surface area contributed by atoms with E-state index in [0.717, 1.165) is 39.1 Å². The van der Waals surface area contributed by atoms with E-state index in [2.05, 4.69) is 28.8 Å². The second kappa shape index (κ2) is 10.3. The van der Waals surface area contributed by atoms with Crippen LogP contribution in [0.15, 0.2) is 0 Å². The summed E-state index contributed by atoms with van der Waals surface area (Å²) < 4.78 is 8.41. The summed E-state index contributed by atoms with van der Waals surface area (Å²) in [6, 6.07) is 0.428. The molecule has 4 N–H and O–H groups in total.